The van der Waals surface area contributed by atoms with E-state index in [0.717, 1.165) is 37.4 Å². The SMILES string of the molecule is Cl.O=C(Nc1ccc2scc(CC3CNCCO3)c2c1)c1cnn(Cc2ccccc2)c1. The van der Waals surface area contributed by atoms with Crippen LogP contribution in [0, 0.1) is 0 Å². The quantitative estimate of drug-likeness (QED) is 0.441. The highest BCUT2D eigenvalue weighted by Crippen LogP contribution is 2.30. The molecule has 0 radical (unpaired) electrons. The number of fused-ring (bicyclic) bond motifs is 1. The highest BCUT2D eigenvalue weighted by molar-refractivity contribution is 7.17. The first-order chi connectivity index (χ1) is 15.2. The van der Waals surface area contributed by atoms with E-state index in [-0.39, 0.29) is 24.4 Å². The van der Waals surface area contributed by atoms with Crippen molar-refractivity contribution in [2.75, 3.05) is 25.0 Å². The molecule has 1 aliphatic heterocycles. The first kappa shape index (κ1) is 22.5. The molecule has 2 N–H and O–H groups in total. The monoisotopic (exact) mass is 468 g/mol. The summed E-state index contributed by atoms with van der Waals surface area (Å²) in [5.41, 5.74) is 3.74. The lowest BCUT2D eigenvalue weighted by Crippen LogP contribution is -2.39. The molecule has 1 saturated heterocycles. The van der Waals surface area contributed by atoms with Crippen LogP contribution in [0.25, 0.3) is 10.1 Å². The van der Waals surface area contributed by atoms with Gasteiger partial charge >= 0.3 is 0 Å². The lowest BCUT2D eigenvalue weighted by molar-refractivity contribution is 0.0295. The molecule has 0 spiro atoms. The number of ether oxygens (including phenoxy) is 1. The summed E-state index contributed by atoms with van der Waals surface area (Å²) in [6.45, 7) is 3.18. The Balaban J connectivity index is 0.00000245. The number of hydrogen-bond donors (Lipinski definition) is 2. The minimum absolute atomic E-state index is 0. The summed E-state index contributed by atoms with van der Waals surface area (Å²) in [4.78, 5) is 12.8. The molecule has 2 aromatic carbocycles. The van der Waals surface area contributed by atoms with E-state index in [1.807, 2.05) is 36.4 Å². The number of anilines is 1. The van der Waals surface area contributed by atoms with Crippen molar-refractivity contribution in [1.29, 1.82) is 0 Å². The molecule has 1 fully saturated rings. The lowest BCUT2D eigenvalue weighted by atomic mass is 10.1. The Labute approximate surface area is 197 Å². The summed E-state index contributed by atoms with van der Waals surface area (Å²) in [6.07, 6.45) is 4.46. The first-order valence-electron chi connectivity index (χ1n) is 10.4. The van der Waals surface area contributed by atoms with E-state index in [9.17, 15) is 4.79 Å². The fraction of sp³-hybridized carbons (Fsp3) is 0.250. The van der Waals surface area contributed by atoms with E-state index in [0.29, 0.717) is 12.1 Å². The maximum atomic E-state index is 12.8. The Hall–Kier alpha value is -2.71. The number of halogens is 1. The molecule has 1 atom stereocenters. The van der Waals surface area contributed by atoms with Crippen molar-refractivity contribution >= 4 is 45.4 Å². The summed E-state index contributed by atoms with van der Waals surface area (Å²) < 4.78 is 8.86. The highest BCUT2D eigenvalue weighted by atomic mass is 35.5. The van der Waals surface area contributed by atoms with Gasteiger partial charge in [-0.3, -0.25) is 9.48 Å². The molecule has 1 amide bonds. The Bertz CT molecular complexity index is 1190. The van der Waals surface area contributed by atoms with Crippen LogP contribution in [0.4, 0.5) is 5.69 Å². The Morgan fingerprint density at radius 3 is 2.94 bits per heavy atom. The summed E-state index contributed by atoms with van der Waals surface area (Å²) >= 11 is 1.73. The second kappa shape index (κ2) is 10.3. The Kier molecular flexibility index (Phi) is 7.22. The number of aromatic nitrogens is 2. The number of nitrogens with zero attached hydrogens (tertiary/aromatic N) is 2. The van der Waals surface area contributed by atoms with Crippen molar-refractivity contribution in [3.63, 3.8) is 0 Å². The fourth-order valence-corrected chi connectivity index (χ4v) is 4.81. The van der Waals surface area contributed by atoms with Crippen LogP contribution in [0.2, 0.25) is 0 Å². The molecule has 2 aromatic heterocycles. The molecule has 0 aliphatic carbocycles. The van der Waals surface area contributed by atoms with Crippen molar-refractivity contribution in [2.45, 2.75) is 19.1 Å². The molecule has 6 nitrogen and oxygen atoms in total. The maximum absolute atomic E-state index is 12.8. The molecule has 0 saturated carbocycles. The summed E-state index contributed by atoms with van der Waals surface area (Å²) in [5.74, 6) is -0.157. The van der Waals surface area contributed by atoms with E-state index in [1.165, 1.54) is 15.6 Å². The topological polar surface area (TPSA) is 68.2 Å². The third-order valence-corrected chi connectivity index (χ3v) is 6.46. The van der Waals surface area contributed by atoms with Gasteiger partial charge in [-0.25, -0.2) is 0 Å². The number of morpholine rings is 1. The third kappa shape index (κ3) is 5.19. The zero-order valence-electron chi connectivity index (χ0n) is 17.5. The van der Waals surface area contributed by atoms with Gasteiger partial charge in [-0.1, -0.05) is 30.3 Å². The van der Waals surface area contributed by atoms with Crippen molar-refractivity contribution in [1.82, 2.24) is 15.1 Å². The van der Waals surface area contributed by atoms with Crippen molar-refractivity contribution in [3.05, 3.63) is 83.0 Å². The van der Waals surface area contributed by atoms with Gasteiger partial charge in [-0.05, 0) is 40.1 Å². The van der Waals surface area contributed by atoms with Gasteiger partial charge in [0.2, 0.25) is 0 Å². The largest absolute Gasteiger partial charge is 0.375 e. The number of thiophene rings is 1. The number of carbonyl (C=O) groups excluding carboxylic acids is 1. The molecule has 8 heteroatoms. The minimum Gasteiger partial charge on any atom is -0.375 e. The van der Waals surface area contributed by atoms with E-state index >= 15 is 0 Å². The number of hydrogen-bond acceptors (Lipinski definition) is 5. The van der Waals surface area contributed by atoms with Crippen molar-refractivity contribution in [3.8, 4) is 0 Å². The molecular weight excluding hydrogens is 444 g/mol. The smallest absolute Gasteiger partial charge is 0.258 e. The van der Waals surface area contributed by atoms with Crippen molar-refractivity contribution in [2.24, 2.45) is 0 Å². The van der Waals surface area contributed by atoms with Gasteiger partial charge in [0.25, 0.3) is 5.91 Å². The van der Waals surface area contributed by atoms with E-state index in [4.69, 9.17) is 4.74 Å². The van der Waals surface area contributed by atoms with Gasteiger partial charge in [0.05, 0.1) is 31.0 Å². The molecule has 4 aromatic rings. The van der Waals surface area contributed by atoms with E-state index in [1.54, 1.807) is 28.4 Å². The van der Waals surface area contributed by atoms with Gasteiger partial charge in [0.1, 0.15) is 0 Å². The second-order valence-corrected chi connectivity index (χ2v) is 8.65. The fourth-order valence-electron chi connectivity index (χ4n) is 3.85. The van der Waals surface area contributed by atoms with Gasteiger partial charge < -0.3 is 15.4 Å². The lowest BCUT2D eigenvalue weighted by Gasteiger charge is -2.23. The number of rotatable bonds is 6. The molecule has 32 heavy (non-hydrogen) atoms. The summed E-state index contributed by atoms with van der Waals surface area (Å²) in [7, 11) is 0. The van der Waals surface area contributed by atoms with Crippen LogP contribution >= 0.6 is 23.7 Å². The minimum atomic E-state index is -0.157. The van der Waals surface area contributed by atoms with Crippen LogP contribution in [0.1, 0.15) is 21.5 Å². The molecule has 166 valence electrons. The zero-order chi connectivity index (χ0) is 21.0. The van der Waals surface area contributed by atoms with Crippen molar-refractivity contribution < 1.29 is 9.53 Å². The maximum Gasteiger partial charge on any atom is 0.258 e. The first-order valence-corrected chi connectivity index (χ1v) is 11.3. The van der Waals surface area contributed by atoms with Gasteiger partial charge in [-0.2, -0.15) is 5.10 Å². The molecule has 0 bridgehead atoms. The van der Waals surface area contributed by atoms with Gasteiger partial charge in [-0.15, -0.1) is 23.7 Å². The van der Waals surface area contributed by atoms with E-state index < -0.39 is 0 Å². The summed E-state index contributed by atoms with van der Waals surface area (Å²) in [6, 6.07) is 16.2. The van der Waals surface area contributed by atoms with E-state index in [2.05, 4.69) is 33.2 Å². The standard InChI is InChI=1S/C24H24N4O2S.ClH/c29-24(19-12-26-28(15-19)14-17-4-2-1-3-5-17)27-20-6-7-23-22(11-20)18(16-31-23)10-21-13-25-8-9-30-21;/h1-7,11-12,15-16,21,25H,8-10,13-14H2,(H,27,29);1H. The number of benzene rings is 2. The van der Waals surface area contributed by atoms with Gasteiger partial charge in [0.15, 0.2) is 0 Å². The number of carbonyl (C=O) groups is 1. The van der Waals surface area contributed by atoms with Crippen LogP contribution in [-0.2, 0) is 17.7 Å². The second-order valence-electron chi connectivity index (χ2n) is 7.74. The predicted molar refractivity (Wildman–Crippen MR) is 131 cm³/mol. The Morgan fingerprint density at radius 1 is 1.25 bits per heavy atom. The number of nitrogens with one attached hydrogen (secondary N) is 2. The molecule has 3 heterocycles. The average molecular weight is 469 g/mol. The average Bonchev–Trinajstić information content (AvgIpc) is 3.43. The van der Waals surface area contributed by atoms with Crippen LogP contribution in [0.15, 0.2) is 66.3 Å². The Morgan fingerprint density at radius 2 is 2.12 bits per heavy atom. The number of amides is 1. The van der Waals surface area contributed by atoms with Crippen LogP contribution < -0.4 is 10.6 Å². The van der Waals surface area contributed by atoms with Crippen LogP contribution in [-0.4, -0.2) is 41.5 Å². The zero-order valence-corrected chi connectivity index (χ0v) is 19.1. The normalized spacial score (nSPS) is 15.9. The van der Waals surface area contributed by atoms with Crippen LogP contribution in [0.3, 0.4) is 0 Å². The summed E-state index contributed by atoms with van der Waals surface area (Å²) in [5, 5.41) is 14.1. The van der Waals surface area contributed by atoms with Gasteiger partial charge in [0, 0.05) is 36.1 Å². The molecular formula is C24H25ClN4O2S. The van der Waals surface area contributed by atoms with Crippen LogP contribution in [0.5, 0.6) is 0 Å². The molecule has 5 rings (SSSR count). The third-order valence-electron chi connectivity index (χ3n) is 5.45. The highest BCUT2D eigenvalue weighted by Gasteiger charge is 2.17. The predicted octanol–water partition coefficient (Wildman–Crippen LogP) is 4.35. The molecule has 1 unspecified atom stereocenters. The molecule has 1 aliphatic rings.